The van der Waals surface area contributed by atoms with E-state index >= 15 is 0 Å². The zero-order chi connectivity index (χ0) is 21.1. The number of carbonyl (C=O) groups excluding carboxylic acids is 2. The number of ether oxygens (including phenoxy) is 1. The molecule has 1 heterocycles. The van der Waals surface area contributed by atoms with Crippen molar-refractivity contribution in [2.24, 2.45) is 5.92 Å². The molecule has 2 aromatic carbocycles. The quantitative estimate of drug-likeness (QED) is 0.582. The molecule has 1 aliphatic carbocycles. The number of benzene rings is 2. The van der Waals surface area contributed by atoms with Crippen LogP contribution >= 0.6 is 11.3 Å². The van der Waals surface area contributed by atoms with Crippen molar-refractivity contribution in [1.82, 2.24) is 0 Å². The zero-order valence-electron chi connectivity index (χ0n) is 17.0. The molecular formula is C24H24N2O3S. The van der Waals surface area contributed by atoms with Crippen molar-refractivity contribution in [2.45, 2.75) is 26.2 Å². The number of amides is 2. The Kier molecular flexibility index (Phi) is 5.86. The minimum atomic E-state index is -0.238. The molecule has 0 unspecified atom stereocenters. The average molecular weight is 421 g/mol. The lowest BCUT2D eigenvalue weighted by molar-refractivity contribution is 0.102. The van der Waals surface area contributed by atoms with Crippen molar-refractivity contribution in [3.05, 3.63) is 75.5 Å². The standard InChI is InChI=1S/C24H24N2O3S/c1-15-7-12-21-17(13-15)14-22(30-21)24(28)25-18-10-8-16(9-11-18)23(27)26-19-5-3-4-6-20(19)29-2/h3-6,8-11,14-15H,7,12-13H2,1-2H3,(H,25,28)(H,26,27)/t15-/m0/s1. The molecule has 154 valence electrons. The second-order valence-corrected chi connectivity index (χ2v) is 8.73. The molecule has 0 saturated heterocycles. The predicted molar refractivity (Wildman–Crippen MR) is 121 cm³/mol. The third kappa shape index (κ3) is 4.39. The Morgan fingerprint density at radius 2 is 1.80 bits per heavy atom. The molecule has 0 aliphatic heterocycles. The van der Waals surface area contributed by atoms with E-state index in [4.69, 9.17) is 4.74 Å². The Balaban J connectivity index is 1.41. The molecule has 0 bridgehead atoms. The molecule has 30 heavy (non-hydrogen) atoms. The first kappa shape index (κ1) is 20.2. The number of rotatable bonds is 5. The van der Waals surface area contributed by atoms with Gasteiger partial charge in [-0.15, -0.1) is 11.3 Å². The molecule has 6 heteroatoms. The van der Waals surface area contributed by atoms with Crippen molar-refractivity contribution < 1.29 is 14.3 Å². The highest BCUT2D eigenvalue weighted by atomic mass is 32.1. The fourth-order valence-electron chi connectivity index (χ4n) is 3.66. The van der Waals surface area contributed by atoms with Crippen LogP contribution in [0.5, 0.6) is 5.75 Å². The Labute approximate surface area is 180 Å². The van der Waals surface area contributed by atoms with Crippen molar-refractivity contribution in [3.63, 3.8) is 0 Å². The van der Waals surface area contributed by atoms with E-state index in [0.717, 1.165) is 17.7 Å². The molecule has 3 aromatic rings. The Hall–Kier alpha value is -3.12. The van der Waals surface area contributed by atoms with Gasteiger partial charge < -0.3 is 15.4 Å². The largest absolute Gasteiger partial charge is 0.495 e. The van der Waals surface area contributed by atoms with E-state index in [2.05, 4.69) is 17.6 Å². The van der Waals surface area contributed by atoms with Gasteiger partial charge in [0.15, 0.2) is 0 Å². The van der Waals surface area contributed by atoms with Crippen LogP contribution in [0.3, 0.4) is 0 Å². The van der Waals surface area contributed by atoms with E-state index in [0.29, 0.717) is 28.6 Å². The zero-order valence-corrected chi connectivity index (χ0v) is 17.8. The van der Waals surface area contributed by atoms with Gasteiger partial charge in [-0.05, 0) is 73.2 Å². The fourth-order valence-corrected chi connectivity index (χ4v) is 4.76. The van der Waals surface area contributed by atoms with Gasteiger partial charge in [0.25, 0.3) is 11.8 Å². The third-order valence-corrected chi connectivity index (χ3v) is 6.55. The SMILES string of the molecule is COc1ccccc1NC(=O)c1ccc(NC(=O)c2cc3c(s2)CC[C@H](C)C3)cc1. The van der Waals surface area contributed by atoms with Crippen LogP contribution < -0.4 is 15.4 Å². The van der Waals surface area contributed by atoms with Crippen LogP contribution in [0.2, 0.25) is 0 Å². The summed E-state index contributed by atoms with van der Waals surface area (Å²) >= 11 is 1.59. The van der Waals surface area contributed by atoms with E-state index in [-0.39, 0.29) is 11.8 Å². The Morgan fingerprint density at radius 1 is 1.03 bits per heavy atom. The number of fused-ring (bicyclic) bond motifs is 1. The highest BCUT2D eigenvalue weighted by Gasteiger charge is 2.20. The number of nitrogens with one attached hydrogen (secondary N) is 2. The molecule has 0 spiro atoms. The second kappa shape index (κ2) is 8.71. The fraction of sp³-hybridized carbons (Fsp3) is 0.250. The number of hydrogen-bond acceptors (Lipinski definition) is 4. The summed E-state index contributed by atoms with van der Waals surface area (Å²) < 4.78 is 5.26. The maximum atomic E-state index is 12.7. The van der Waals surface area contributed by atoms with Gasteiger partial charge in [-0.3, -0.25) is 9.59 Å². The van der Waals surface area contributed by atoms with E-state index < -0.39 is 0 Å². The number of aryl methyl sites for hydroxylation is 1. The lowest BCUT2D eigenvalue weighted by atomic mass is 9.90. The van der Waals surface area contributed by atoms with Gasteiger partial charge in [-0.2, -0.15) is 0 Å². The van der Waals surface area contributed by atoms with Gasteiger partial charge in [0.2, 0.25) is 0 Å². The molecule has 0 fully saturated rings. The minimum absolute atomic E-state index is 0.103. The van der Waals surface area contributed by atoms with Crippen LogP contribution in [0.1, 0.15) is 43.8 Å². The molecule has 2 N–H and O–H groups in total. The molecular weight excluding hydrogens is 396 g/mol. The van der Waals surface area contributed by atoms with Gasteiger partial charge >= 0.3 is 0 Å². The highest BCUT2D eigenvalue weighted by molar-refractivity contribution is 7.14. The number of methoxy groups -OCH3 is 1. The van der Waals surface area contributed by atoms with Crippen molar-refractivity contribution in [3.8, 4) is 5.75 Å². The summed E-state index contributed by atoms with van der Waals surface area (Å²) in [5.41, 5.74) is 3.08. The summed E-state index contributed by atoms with van der Waals surface area (Å²) in [6.45, 7) is 2.26. The monoisotopic (exact) mass is 420 g/mol. The van der Waals surface area contributed by atoms with E-state index in [1.54, 1.807) is 54.8 Å². The Bertz CT molecular complexity index is 1070. The van der Waals surface area contributed by atoms with Crippen LogP contribution in [0.25, 0.3) is 0 Å². The smallest absolute Gasteiger partial charge is 0.265 e. The first-order valence-corrected chi connectivity index (χ1v) is 10.8. The van der Waals surface area contributed by atoms with Gasteiger partial charge in [0.1, 0.15) is 5.75 Å². The van der Waals surface area contributed by atoms with Crippen molar-refractivity contribution >= 4 is 34.5 Å². The number of thiophene rings is 1. The topological polar surface area (TPSA) is 67.4 Å². The van der Waals surface area contributed by atoms with Crippen LogP contribution in [0.4, 0.5) is 11.4 Å². The summed E-state index contributed by atoms with van der Waals surface area (Å²) in [7, 11) is 1.56. The van der Waals surface area contributed by atoms with E-state index in [9.17, 15) is 9.59 Å². The molecule has 1 aliphatic rings. The highest BCUT2D eigenvalue weighted by Crippen LogP contribution is 2.32. The number of carbonyl (C=O) groups is 2. The molecule has 2 amide bonds. The normalized spacial score (nSPS) is 15.2. The van der Waals surface area contributed by atoms with Crippen LogP contribution in [-0.2, 0) is 12.8 Å². The first-order chi connectivity index (χ1) is 14.5. The molecule has 1 aromatic heterocycles. The van der Waals surface area contributed by atoms with Crippen LogP contribution in [0, 0.1) is 5.92 Å². The molecule has 0 radical (unpaired) electrons. The van der Waals surface area contributed by atoms with Crippen molar-refractivity contribution in [1.29, 1.82) is 0 Å². The number of para-hydroxylation sites is 2. The minimum Gasteiger partial charge on any atom is -0.495 e. The summed E-state index contributed by atoms with van der Waals surface area (Å²) in [6, 6.07) is 16.2. The average Bonchev–Trinajstić information content (AvgIpc) is 3.18. The van der Waals surface area contributed by atoms with E-state index in [1.165, 1.54) is 16.9 Å². The van der Waals surface area contributed by atoms with Gasteiger partial charge in [0.05, 0.1) is 17.7 Å². The first-order valence-electron chi connectivity index (χ1n) is 10.0. The number of hydrogen-bond donors (Lipinski definition) is 2. The summed E-state index contributed by atoms with van der Waals surface area (Å²) in [4.78, 5) is 27.3. The summed E-state index contributed by atoms with van der Waals surface area (Å²) in [5.74, 6) is 0.936. The summed E-state index contributed by atoms with van der Waals surface area (Å²) in [5, 5.41) is 5.78. The maximum absolute atomic E-state index is 12.7. The number of anilines is 2. The van der Waals surface area contributed by atoms with Crippen LogP contribution in [-0.4, -0.2) is 18.9 Å². The lowest BCUT2D eigenvalue weighted by Gasteiger charge is -2.16. The lowest BCUT2D eigenvalue weighted by Crippen LogP contribution is -2.13. The molecule has 4 rings (SSSR count). The van der Waals surface area contributed by atoms with Crippen molar-refractivity contribution in [2.75, 3.05) is 17.7 Å². The van der Waals surface area contributed by atoms with Gasteiger partial charge in [-0.1, -0.05) is 19.1 Å². The van der Waals surface area contributed by atoms with Crippen LogP contribution in [0.15, 0.2) is 54.6 Å². The molecule has 1 atom stereocenters. The second-order valence-electron chi connectivity index (χ2n) is 7.59. The molecule has 0 saturated carbocycles. The molecule has 5 nitrogen and oxygen atoms in total. The maximum Gasteiger partial charge on any atom is 0.265 e. The predicted octanol–water partition coefficient (Wildman–Crippen LogP) is 5.39. The van der Waals surface area contributed by atoms with Gasteiger partial charge in [0, 0.05) is 16.1 Å². The van der Waals surface area contributed by atoms with E-state index in [1.807, 2.05) is 18.2 Å². The Morgan fingerprint density at radius 3 is 2.57 bits per heavy atom. The van der Waals surface area contributed by atoms with Gasteiger partial charge in [-0.25, -0.2) is 0 Å². The third-order valence-electron chi connectivity index (χ3n) is 5.31. The summed E-state index contributed by atoms with van der Waals surface area (Å²) in [6.07, 6.45) is 3.30.